The fraction of sp³-hybridized carbons (Fsp3) is 0.273. The second-order valence-corrected chi connectivity index (χ2v) is 4.73. The fourth-order valence-electron chi connectivity index (χ4n) is 1.51. The van der Waals surface area contributed by atoms with Crippen molar-refractivity contribution in [1.29, 1.82) is 0 Å². The number of pyridine rings is 1. The minimum atomic E-state index is 0.131. The van der Waals surface area contributed by atoms with Crippen molar-refractivity contribution in [2.75, 3.05) is 6.54 Å². The van der Waals surface area contributed by atoms with Gasteiger partial charge in [0.2, 0.25) is 0 Å². The third kappa shape index (κ3) is 2.31. The molecule has 5 heteroatoms. The van der Waals surface area contributed by atoms with Crippen molar-refractivity contribution >= 4 is 21.6 Å². The summed E-state index contributed by atoms with van der Waals surface area (Å²) in [6, 6.07) is 5.99. The van der Waals surface area contributed by atoms with Gasteiger partial charge in [0.05, 0.1) is 6.04 Å². The van der Waals surface area contributed by atoms with Crippen LogP contribution in [-0.2, 0) is 0 Å². The molecule has 0 aliphatic rings. The van der Waals surface area contributed by atoms with Crippen molar-refractivity contribution in [3.8, 4) is 0 Å². The molecule has 16 heavy (non-hydrogen) atoms. The Bertz CT molecular complexity index is 505. The van der Waals surface area contributed by atoms with Crippen LogP contribution >= 0.6 is 15.9 Å². The van der Waals surface area contributed by atoms with Gasteiger partial charge >= 0.3 is 0 Å². The van der Waals surface area contributed by atoms with E-state index < -0.39 is 0 Å². The summed E-state index contributed by atoms with van der Waals surface area (Å²) in [5, 5.41) is 11.6. The van der Waals surface area contributed by atoms with E-state index in [0.29, 0.717) is 6.54 Å². The Labute approximate surface area is 103 Å². The molecule has 0 saturated heterocycles. The zero-order valence-electron chi connectivity index (χ0n) is 9.02. The standard InChI is InChI=1S/C11H13BrN4/c1-8(12)7-13-9(2)11-15-14-10-5-3-4-6-16(10)11/h3-6,9,13H,1,7H2,2H3/t9-/m1/s1. The summed E-state index contributed by atoms with van der Waals surface area (Å²) in [6.45, 7) is 6.55. The highest BCUT2D eigenvalue weighted by molar-refractivity contribution is 9.11. The first kappa shape index (κ1) is 11.3. The van der Waals surface area contributed by atoms with Gasteiger partial charge in [0.25, 0.3) is 0 Å². The monoisotopic (exact) mass is 280 g/mol. The summed E-state index contributed by atoms with van der Waals surface area (Å²) in [7, 11) is 0. The summed E-state index contributed by atoms with van der Waals surface area (Å²) < 4.78 is 2.91. The number of nitrogens with one attached hydrogen (secondary N) is 1. The largest absolute Gasteiger partial charge is 0.303 e. The highest BCUT2D eigenvalue weighted by atomic mass is 79.9. The quantitative estimate of drug-likeness (QED) is 0.935. The lowest BCUT2D eigenvalue weighted by Crippen LogP contribution is -2.21. The highest BCUT2D eigenvalue weighted by Gasteiger charge is 2.11. The maximum atomic E-state index is 4.18. The molecule has 0 aliphatic carbocycles. The average molecular weight is 281 g/mol. The van der Waals surface area contributed by atoms with Crippen molar-refractivity contribution in [3.05, 3.63) is 41.3 Å². The summed E-state index contributed by atoms with van der Waals surface area (Å²) in [5.74, 6) is 0.907. The lowest BCUT2D eigenvalue weighted by atomic mass is 10.3. The van der Waals surface area contributed by atoms with Crippen molar-refractivity contribution in [3.63, 3.8) is 0 Å². The van der Waals surface area contributed by atoms with Gasteiger partial charge in [0, 0.05) is 17.2 Å². The van der Waals surface area contributed by atoms with E-state index in [4.69, 9.17) is 0 Å². The van der Waals surface area contributed by atoms with Crippen LogP contribution in [0.3, 0.4) is 0 Å². The predicted molar refractivity (Wildman–Crippen MR) is 67.5 cm³/mol. The lowest BCUT2D eigenvalue weighted by molar-refractivity contribution is 0.575. The van der Waals surface area contributed by atoms with Gasteiger partial charge in [-0.2, -0.15) is 0 Å². The molecule has 1 N–H and O–H groups in total. The van der Waals surface area contributed by atoms with Crippen LogP contribution in [0.25, 0.3) is 5.65 Å². The van der Waals surface area contributed by atoms with Crippen LogP contribution in [-0.4, -0.2) is 21.1 Å². The molecule has 4 nitrogen and oxygen atoms in total. The first-order valence-electron chi connectivity index (χ1n) is 5.05. The van der Waals surface area contributed by atoms with Crippen molar-refractivity contribution in [2.24, 2.45) is 0 Å². The van der Waals surface area contributed by atoms with E-state index >= 15 is 0 Å². The Morgan fingerprint density at radius 3 is 3.12 bits per heavy atom. The Morgan fingerprint density at radius 2 is 2.38 bits per heavy atom. The van der Waals surface area contributed by atoms with Gasteiger partial charge in [-0.15, -0.1) is 10.2 Å². The Balaban J connectivity index is 2.22. The number of hydrogen-bond acceptors (Lipinski definition) is 3. The number of nitrogens with zero attached hydrogens (tertiary/aromatic N) is 3. The molecule has 0 aliphatic heterocycles. The predicted octanol–water partition coefficient (Wildman–Crippen LogP) is 2.29. The van der Waals surface area contributed by atoms with Gasteiger partial charge in [-0.1, -0.05) is 28.6 Å². The molecule has 2 aromatic heterocycles. The number of aromatic nitrogens is 3. The van der Waals surface area contributed by atoms with E-state index in [1.54, 1.807) is 0 Å². The van der Waals surface area contributed by atoms with Crippen LogP contribution in [0, 0.1) is 0 Å². The Morgan fingerprint density at radius 1 is 1.56 bits per heavy atom. The molecule has 84 valence electrons. The molecule has 2 aromatic rings. The average Bonchev–Trinajstić information content (AvgIpc) is 2.69. The second kappa shape index (κ2) is 4.76. The molecule has 0 aromatic carbocycles. The first-order chi connectivity index (χ1) is 7.68. The molecule has 0 unspecified atom stereocenters. The lowest BCUT2D eigenvalue weighted by Gasteiger charge is -2.11. The van der Waals surface area contributed by atoms with Crippen molar-refractivity contribution < 1.29 is 0 Å². The first-order valence-corrected chi connectivity index (χ1v) is 5.84. The topological polar surface area (TPSA) is 42.2 Å². The molecule has 1 atom stereocenters. The molecule has 0 radical (unpaired) electrons. The van der Waals surface area contributed by atoms with Gasteiger partial charge in [0.15, 0.2) is 11.5 Å². The number of rotatable bonds is 4. The summed E-state index contributed by atoms with van der Waals surface area (Å²) in [5.41, 5.74) is 0.865. The normalized spacial score (nSPS) is 12.9. The maximum absolute atomic E-state index is 4.18. The third-order valence-corrected chi connectivity index (χ3v) is 2.61. The maximum Gasteiger partial charge on any atom is 0.160 e. The minimum absolute atomic E-state index is 0.131. The zero-order valence-corrected chi connectivity index (χ0v) is 10.6. The fourth-order valence-corrected chi connectivity index (χ4v) is 1.67. The smallest absolute Gasteiger partial charge is 0.160 e. The molecule has 0 amide bonds. The van der Waals surface area contributed by atoms with Gasteiger partial charge in [0.1, 0.15) is 0 Å². The molecule has 0 bridgehead atoms. The number of halogens is 1. The van der Waals surface area contributed by atoms with Crippen LogP contribution in [0.2, 0.25) is 0 Å². The second-order valence-electron chi connectivity index (χ2n) is 3.61. The van der Waals surface area contributed by atoms with Crippen LogP contribution < -0.4 is 5.32 Å². The van der Waals surface area contributed by atoms with E-state index in [1.807, 2.05) is 28.8 Å². The molecular formula is C11H13BrN4. The van der Waals surface area contributed by atoms with Crippen molar-refractivity contribution in [1.82, 2.24) is 19.9 Å². The summed E-state index contributed by atoms with van der Waals surface area (Å²) in [4.78, 5) is 0. The molecular weight excluding hydrogens is 268 g/mol. The van der Waals surface area contributed by atoms with Gasteiger partial charge in [-0.25, -0.2) is 0 Å². The van der Waals surface area contributed by atoms with Gasteiger partial charge in [-0.05, 0) is 19.1 Å². The Hall–Kier alpha value is -1.20. The van der Waals surface area contributed by atoms with E-state index in [0.717, 1.165) is 16.0 Å². The molecule has 0 saturated carbocycles. The third-order valence-electron chi connectivity index (χ3n) is 2.33. The van der Waals surface area contributed by atoms with Crippen LogP contribution in [0.4, 0.5) is 0 Å². The molecule has 2 heterocycles. The van der Waals surface area contributed by atoms with Crippen LogP contribution in [0.15, 0.2) is 35.5 Å². The van der Waals surface area contributed by atoms with E-state index in [2.05, 4.69) is 44.9 Å². The van der Waals surface area contributed by atoms with Gasteiger partial charge in [-0.3, -0.25) is 4.40 Å². The number of hydrogen-bond donors (Lipinski definition) is 1. The highest BCUT2D eigenvalue weighted by Crippen LogP contribution is 2.12. The number of fused-ring (bicyclic) bond motifs is 1. The molecule has 2 rings (SSSR count). The van der Waals surface area contributed by atoms with Gasteiger partial charge < -0.3 is 5.32 Å². The Kier molecular flexibility index (Phi) is 3.36. The zero-order chi connectivity index (χ0) is 11.5. The molecule has 0 spiro atoms. The van der Waals surface area contributed by atoms with Crippen LogP contribution in [0.5, 0.6) is 0 Å². The van der Waals surface area contributed by atoms with E-state index in [-0.39, 0.29) is 6.04 Å². The SMILES string of the molecule is C=C(Br)CN[C@H](C)c1nnc2ccccn12. The van der Waals surface area contributed by atoms with Crippen molar-refractivity contribution in [2.45, 2.75) is 13.0 Å². The summed E-state index contributed by atoms with van der Waals surface area (Å²) in [6.07, 6.45) is 1.96. The van der Waals surface area contributed by atoms with Crippen LogP contribution in [0.1, 0.15) is 18.8 Å². The van der Waals surface area contributed by atoms with E-state index in [9.17, 15) is 0 Å². The minimum Gasteiger partial charge on any atom is -0.303 e. The molecule has 0 fully saturated rings. The van der Waals surface area contributed by atoms with E-state index in [1.165, 1.54) is 0 Å². The summed E-state index contributed by atoms with van der Waals surface area (Å²) >= 11 is 3.32.